The molecule has 0 bridgehead atoms. The molecule has 0 aliphatic carbocycles. The Morgan fingerprint density at radius 3 is 2.34 bits per heavy atom. The molecule has 161 valence electrons. The third-order valence-electron chi connectivity index (χ3n) is 4.85. The number of hydrogen-bond acceptors (Lipinski definition) is 3. The number of hydrogen-bond donors (Lipinski definition) is 1. The van der Waals surface area contributed by atoms with Gasteiger partial charge in [0.1, 0.15) is 11.4 Å². The van der Waals surface area contributed by atoms with Crippen molar-refractivity contribution in [2.75, 3.05) is 5.32 Å². The number of aryl methyl sites for hydroxylation is 1. The van der Waals surface area contributed by atoms with Gasteiger partial charge in [-0.2, -0.15) is 0 Å². The number of anilines is 2. The fourth-order valence-corrected chi connectivity index (χ4v) is 3.74. The van der Waals surface area contributed by atoms with Crippen LogP contribution in [0.4, 0.5) is 22.7 Å². The molecule has 0 unspecified atom stereocenters. The fourth-order valence-electron chi connectivity index (χ4n) is 3.13. The van der Waals surface area contributed by atoms with E-state index in [9.17, 15) is 0 Å². The first-order chi connectivity index (χ1) is 15.4. The highest BCUT2D eigenvalue weighted by Crippen LogP contribution is 2.38. The molecule has 0 fully saturated rings. The third-order valence-corrected chi connectivity index (χ3v) is 5.66. The van der Waals surface area contributed by atoms with E-state index < -0.39 is 0 Å². The Hall–Kier alpha value is -2.92. The van der Waals surface area contributed by atoms with E-state index in [4.69, 9.17) is 44.9 Å². The molecule has 0 aliphatic rings. The minimum absolute atomic E-state index is 0.396. The number of benzene rings is 3. The minimum Gasteiger partial charge on any atom is -0.437 e. The number of ether oxygens (including phenoxy) is 1. The summed E-state index contributed by atoms with van der Waals surface area (Å²) < 4.78 is 5.94. The van der Waals surface area contributed by atoms with Crippen molar-refractivity contribution in [3.63, 3.8) is 0 Å². The molecule has 0 saturated heterocycles. The summed E-state index contributed by atoms with van der Waals surface area (Å²) in [5.74, 6) is 1.02. The second-order valence-corrected chi connectivity index (χ2v) is 8.43. The number of pyridine rings is 1. The van der Waals surface area contributed by atoms with E-state index in [1.54, 1.807) is 30.5 Å². The summed E-state index contributed by atoms with van der Waals surface area (Å²) in [7, 11) is 0. The summed E-state index contributed by atoms with van der Waals surface area (Å²) in [5, 5.41) is 10.1. The summed E-state index contributed by atoms with van der Waals surface area (Å²) in [6.07, 6.45) is 1.66. The molecule has 7 heteroatoms. The van der Waals surface area contributed by atoms with Gasteiger partial charge in [-0.25, -0.2) is 10.3 Å². The Kier molecular flexibility index (Phi) is 6.75. The standard InChI is InChI=1S/C25H19Cl3N3O/c1-15-14-18(27)7-11-21(15)31-24-16(2)22(12-10-20(24)28)30-23-4-3-13-29-25(23)32-19-8-5-17(26)6-9-19/h3-14,31H,1-2H3. The molecule has 4 rings (SSSR count). The van der Waals surface area contributed by atoms with Crippen molar-refractivity contribution < 1.29 is 4.74 Å². The van der Waals surface area contributed by atoms with Crippen molar-refractivity contribution in [2.45, 2.75) is 13.8 Å². The second kappa shape index (κ2) is 9.70. The van der Waals surface area contributed by atoms with Crippen LogP contribution in [0.25, 0.3) is 0 Å². The van der Waals surface area contributed by atoms with Gasteiger partial charge in [0, 0.05) is 21.9 Å². The van der Waals surface area contributed by atoms with Crippen LogP contribution < -0.4 is 15.4 Å². The van der Waals surface area contributed by atoms with Gasteiger partial charge in [0.05, 0.1) is 16.4 Å². The van der Waals surface area contributed by atoms with E-state index in [-0.39, 0.29) is 0 Å². The van der Waals surface area contributed by atoms with Gasteiger partial charge in [-0.1, -0.05) is 34.8 Å². The molecule has 1 heterocycles. The molecule has 1 radical (unpaired) electrons. The van der Waals surface area contributed by atoms with Crippen LogP contribution in [0.2, 0.25) is 15.1 Å². The van der Waals surface area contributed by atoms with Gasteiger partial charge in [-0.05, 0) is 91.7 Å². The van der Waals surface area contributed by atoms with E-state index in [1.165, 1.54) is 0 Å². The van der Waals surface area contributed by atoms with Crippen LogP contribution in [-0.4, -0.2) is 4.98 Å². The van der Waals surface area contributed by atoms with Crippen molar-refractivity contribution in [2.24, 2.45) is 0 Å². The first kappa shape index (κ1) is 22.3. The lowest BCUT2D eigenvalue weighted by atomic mass is 10.1. The van der Waals surface area contributed by atoms with Crippen LogP contribution in [-0.2, 0) is 0 Å². The first-order valence-corrected chi connectivity index (χ1v) is 11.0. The molecule has 0 spiro atoms. The maximum absolute atomic E-state index is 6.51. The van der Waals surface area contributed by atoms with Crippen LogP contribution in [0.5, 0.6) is 11.6 Å². The van der Waals surface area contributed by atoms with Crippen LogP contribution in [0.3, 0.4) is 0 Å². The molecule has 1 N–H and O–H groups in total. The summed E-state index contributed by atoms with van der Waals surface area (Å²) >= 11 is 18.6. The van der Waals surface area contributed by atoms with E-state index in [2.05, 4.69) is 10.3 Å². The third kappa shape index (κ3) is 5.10. The van der Waals surface area contributed by atoms with E-state index >= 15 is 0 Å². The van der Waals surface area contributed by atoms with Crippen molar-refractivity contribution in [1.29, 1.82) is 0 Å². The van der Waals surface area contributed by atoms with Crippen molar-refractivity contribution >= 4 is 57.6 Å². The normalized spacial score (nSPS) is 10.7. The summed E-state index contributed by atoms with van der Waals surface area (Å²) in [6.45, 7) is 3.95. The average Bonchev–Trinajstić information content (AvgIpc) is 2.77. The molecule has 0 saturated carbocycles. The predicted molar refractivity (Wildman–Crippen MR) is 133 cm³/mol. The highest BCUT2D eigenvalue weighted by Gasteiger charge is 2.15. The van der Waals surface area contributed by atoms with Gasteiger partial charge in [-0.15, -0.1) is 0 Å². The smallest absolute Gasteiger partial charge is 0.245 e. The van der Waals surface area contributed by atoms with Crippen molar-refractivity contribution in [3.05, 3.63) is 99.1 Å². The van der Waals surface area contributed by atoms with Crippen LogP contribution in [0, 0.1) is 13.8 Å². The first-order valence-electron chi connectivity index (χ1n) is 9.83. The lowest BCUT2D eigenvalue weighted by Crippen LogP contribution is -2.01. The number of rotatable bonds is 6. The summed E-state index contributed by atoms with van der Waals surface area (Å²) in [4.78, 5) is 4.35. The van der Waals surface area contributed by atoms with Crippen molar-refractivity contribution in [3.8, 4) is 11.6 Å². The second-order valence-electron chi connectivity index (χ2n) is 7.15. The van der Waals surface area contributed by atoms with Crippen molar-refractivity contribution in [1.82, 2.24) is 10.3 Å². The lowest BCUT2D eigenvalue weighted by Gasteiger charge is -2.17. The molecule has 3 aromatic carbocycles. The monoisotopic (exact) mass is 482 g/mol. The highest BCUT2D eigenvalue weighted by atomic mass is 35.5. The number of nitrogens with zero attached hydrogens (tertiary/aromatic N) is 2. The van der Waals surface area contributed by atoms with Gasteiger partial charge in [-0.3, -0.25) is 0 Å². The Morgan fingerprint density at radius 2 is 1.59 bits per heavy atom. The molecule has 4 aromatic rings. The number of halogens is 3. The Balaban J connectivity index is 1.63. The molecule has 0 aliphatic heterocycles. The minimum atomic E-state index is 0.396. The lowest BCUT2D eigenvalue weighted by molar-refractivity contribution is 0.462. The highest BCUT2D eigenvalue weighted by molar-refractivity contribution is 6.33. The molecule has 1 aromatic heterocycles. The van der Waals surface area contributed by atoms with Gasteiger partial charge in [0.25, 0.3) is 0 Å². The molecule has 0 amide bonds. The summed E-state index contributed by atoms with van der Waals surface area (Å²) in [5.41, 5.74) is 4.96. The molecular formula is C25H19Cl3N3O. The van der Waals surface area contributed by atoms with E-state index in [1.807, 2.05) is 56.3 Å². The van der Waals surface area contributed by atoms with Crippen LogP contribution in [0.1, 0.15) is 11.1 Å². The SMILES string of the molecule is Cc1cc(Cl)ccc1Nc1c(Cl)ccc([N]c2cccnc2Oc2ccc(Cl)cc2)c1C. The fraction of sp³-hybridized carbons (Fsp3) is 0.0800. The zero-order valence-corrected chi connectivity index (χ0v) is 19.6. The molecule has 32 heavy (non-hydrogen) atoms. The molecular weight excluding hydrogens is 465 g/mol. The largest absolute Gasteiger partial charge is 0.437 e. The maximum atomic E-state index is 6.51. The van der Waals surface area contributed by atoms with Gasteiger partial charge in [0.15, 0.2) is 0 Å². The van der Waals surface area contributed by atoms with Gasteiger partial charge < -0.3 is 10.1 Å². The molecule has 4 nitrogen and oxygen atoms in total. The maximum Gasteiger partial charge on any atom is 0.245 e. The van der Waals surface area contributed by atoms with E-state index in [0.29, 0.717) is 32.4 Å². The topological polar surface area (TPSA) is 48.2 Å². The zero-order valence-electron chi connectivity index (χ0n) is 17.4. The quantitative estimate of drug-likeness (QED) is 0.298. The number of aromatic nitrogens is 1. The van der Waals surface area contributed by atoms with Crippen LogP contribution in [0.15, 0.2) is 72.9 Å². The number of nitrogens with one attached hydrogen (secondary N) is 1. The van der Waals surface area contributed by atoms with E-state index in [0.717, 1.165) is 28.2 Å². The predicted octanol–water partition coefficient (Wildman–Crippen LogP) is 8.76. The van der Waals surface area contributed by atoms with Gasteiger partial charge >= 0.3 is 0 Å². The molecule has 0 atom stereocenters. The summed E-state index contributed by atoms with van der Waals surface area (Å²) in [6, 6.07) is 20.1. The van der Waals surface area contributed by atoms with Gasteiger partial charge in [0.2, 0.25) is 5.88 Å². The Bertz CT molecular complexity index is 1260. The Morgan fingerprint density at radius 1 is 0.844 bits per heavy atom. The average molecular weight is 484 g/mol. The Labute approximate surface area is 202 Å². The zero-order chi connectivity index (χ0) is 22.7. The van der Waals surface area contributed by atoms with Crippen LogP contribution >= 0.6 is 34.8 Å².